The molecule has 0 aromatic heterocycles. The quantitative estimate of drug-likeness (QED) is 0.872. The number of benzene rings is 1. The van der Waals surface area contributed by atoms with Crippen molar-refractivity contribution in [2.45, 2.75) is 19.3 Å². The van der Waals surface area contributed by atoms with Crippen LogP contribution in [0, 0.1) is 29.6 Å². The van der Waals surface area contributed by atoms with Gasteiger partial charge in [0.2, 0.25) is 5.91 Å². The lowest BCUT2D eigenvalue weighted by Crippen LogP contribution is -2.18. The Labute approximate surface area is 125 Å². The summed E-state index contributed by atoms with van der Waals surface area (Å²) in [6.45, 7) is 1.02. The molecule has 112 valence electrons. The van der Waals surface area contributed by atoms with Gasteiger partial charge in [-0.2, -0.15) is 0 Å². The first-order chi connectivity index (χ1) is 10.3. The van der Waals surface area contributed by atoms with Crippen LogP contribution < -0.4 is 15.8 Å². The number of rotatable bonds is 5. The van der Waals surface area contributed by atoms with E-state index in [0.29, 0.717) is 25.0 Å². The largest absolute Gasteiger partial charge is 0.492 e. The summed E-state index contributed by atoms with van der Waals surface area (Å²) in [5, 5.41) is 3.07. The highest BCUT2D eigenvalue weighted by molar-refractivity contribution is 5.95. The number of amides is 1. The van der Waals surface area contributed by atoms with E-state index in [-0.39, 0.29) is 11.8 Å². The van der Waals surface area contributed by atoms with Crippen molar-refractivity contribution in [1.82, 2.24) is 0 Å². The summed E-state index contributed by atoms with van der Waals surface area (Å²) >= 11 is 0. The summed E-state index contributed by atoms with van der Waals surface area (Å²) in [4.78, 5) is 12.4. The molecule has 0 heterocycles. The first-order valence-electron chi connectivity index (χ1n) is 8.01. The summed E-state index contributed by atoms with van der Waals surface area (Å²) in [6, 6.07) is 7.55. The number of anilines is 1. The average molecular weight is 286 g/mol. The molecule has 1 amide bonds. The normalized spacial score (nSPS) is 35.4. The minimum absolute atomic E-state index is 0.220. The molecule has 0 saturated heterocycles. The Kier molecular flexibility index (Phi) is 3.14. The van der Waals surface area contributed by atoms with Gasteiger partial charge in [-0.1, -0.05) is 0 Å². The molecule has 1 aromatic carbocycles. The van der Waals surface area contributed by atoms with Gasteiger partial charge in [0.15, 0.2) is 0 Å². The van der Waals surface area contributed by atoms with Crippen molar-refractivity contribution < 1.29 is 9.53 Å². The number of fused-ring (bicyclic) bond motifs is 5. The van der Waals surface area contributed by atoms with Gasteiger partial charge in [-0.05, 0) is 67.2 Å². The van der Waals surface area contributed by atoms with Crippen LogP contribution in [0.2, 0.25) is 0 Å². The van der Waals surface area contributed by atoms with Crippen LogP contribution in [0.15, 0.2) is 24.3 Å². The number of nitrogens with two attached hydrogens (primary N) is 1. The lowest BCUT2D eigenvalue weighted by molar-refractivity contribution is -0.118. The molecular weight excluding hydrogens is 264 g/mol. The van der Waals surface area contributed by atoms with Crippen LogP contribution in [0.1, 0.15) is 19.3 Å². The monoisotopic (exact) mass is 286 g/mol. The number of nitrogens with one attached hydrogen (secondary N) is 1. The zero-order valence-electron chi connectivity index (χ0n) is 12.1. The molecule has 4 rings (SSSR count). The molecule has 0 aliphatic heterocycles. The second-order valence-corrected chi connectivity index (χ2v) is 6.66. The third-order valence-corrected chi connectivity index (χ3v) is 5.55. The Morgan fingerprint density at radius 2 is 1.86 bits per heavy atom. The Morgan fingerprint density at radius 1 is 1.19 bits per heavy atom. The Balaban J connectivity index is 1.35. The topological polar surface area (TPSA) is 64.3 Å². The van der Waals surface area contributed by atoms with Crippen LogP contribution in [0.4, 0.5) is 5.69 Å². The standard InChI is InChI=1S/C17H22N2O2/c18-7-8-21-13-5-3-12(4-6-13)19-17(20)16-14-10-1-2-11(9-10)15(14)16/h3-6,10-11,14-16H,1-2,7-9,18H2,(H,19,20). The van der Waals surface area contributed by atoms with E-state index in [1.165, 1.54) is 19.3 Å². The van der Waals surface area contributed by atoms with E-state index < -0.39 is 0 Å². The first kappa shape index (κ1) is 13.1. The fourth-order valence-electron chi connectivity index (χ4n) is 4.71. The van der Waals surface area contributed by atoms with E-state index in [2.05, 4.69) is 5.32 Å². The Bertz CT molecular complexity index is 526. The SMILES string of the molecule is NCCOc1ccc(NC(=O)C2C3C4CCC(C4)C23)cc1. The van der Waals surface area contributed by atoms with Gasteiger partial charge in [-0.3, -0.25) is 4.79 Å². The zero-order valence-corrected chi connectivity index (χ0v) is 12.1. The number of hydrogen-bond acceptors (Lipinski definition) is 3. The number of carbonyl (C=O) groups excluding carboxylic acids is 1. The zero-order chi connectivity index (χ0) is 14.4. The summed E-state index contributed by atoms with van der Waals surface area (Å²) in [5.74, 6) is 4.35. The maximum Gasteiger partial charge on any atom is 0.228 e. The lowest BCUT2D eigenvalue weighted by Gasteiger charge is -2.10. The van der Waals surface area contributed by atoms with Crippen LogP contribution in [-0.4, -0.2) is 19.1 Å². The number of ether oxygens (including phenoxy) is 1. The van der Waals surface area contributed by atoms with E-state index in [1.54, 1.807) is 0 Å². The van der Waals surface area contributed by atoms with Gasteiger partial charge in [0.1, 0.15) is 12.4 Å². The molecule has 3 N–H and O–H groups in total. The van der Waals surface area contributed by atoms with Crippen LogP contribution in [0.3, 0.4) is 0 Å². The molecule has 1 aromatic rings. The predicted molar refractivity (Wildman–Crippen MR) is 80.9 cm³/mol. The molecular formula is C17H22N2O2. The van der Waals surface area contributed by atoms with Crippen molar-refractivity contribution in [3.8, 4) is 5.75 Å². The van der Waals surface area contributed by atoms with Crippen molar-refractivity contribution in [2.24, 2.45) is 35.3 Å². The van der Waals surface area contributed by atoms with Gasteiger partial charge < -0.3 is 15.8 Å². The van der Waals surface area contributed by atoms with Crippen molar-refractivity contribution in [1.29, 1.82) is 0 Å². The van der Waals surface area contributed by atoms with E-state index >= 15 is 0 Å². The van der Waals surface area contributed by atoms with E-state index in [1.807, 2.05) is 24.3 Å². The highest BCUT2D eigenvalue weighted by atomic mass is 16.5. The van der Waals surface area contributed by atoms with E-state index in [4.69, 9.17) is 10.5 Å². The summed E-state index contributed by atoms with van der Waals surface area (Å²) in [5.41, 5.74) is 6.26. The van der Waals surface area contributed by atoms with Gasteiger partial charge in [0.25, 0.3) is 0 Å². The van der Waals surface area contributed by atoms with Crippen molar-refractivity contribution >= 4 is 11.6 Å². The van der Waals surface area contributed by atoms with Crippen molar-refractivity contribution in [3.63, 3.8) is 0 Å². The summed E-state index contributed by atoms with van der Waals surface area (Å²) in [6.07, 6.45) is 4.08. The molecule has 0 spiro atoms. The molecule has 3 saturated carbocycles. The van der Waals surface area contributed by atoms with Gasteiger partial charge in [0.05, 0.1) is 0 Å². The van der Waals surface area contributed by atoms with Gasteiger partial charge in [0, 0.05) is 18.2 Å². The van der Waals surface area contributed by atoms with Gasteiger partial charge >= 0.3 is 0 Å². The van der Waals surface area contributed by atoms with Gasteiger partial charge in [-0.25, -0.2) is 0 Å². The molecule has 3 aliphatic rings. The number of hydrogen-bond donors (Lipinski definition) is 2. The third kappa shape index (κ3) is 2.22. The Hall–Kier alpha value is -1.55. The second kappa shape index (κ2) is 5.02. The molecule has 4 atom stereocenters. The average Bonchev–Trinajstić information content (AvgIpc) is 2.95. The van der Waals surface area contributed by atoms with E-state index in [0.717, 1.165) is 23.3 Å². The lowest BCUT2D eigenvalue weighted by atomic mass is 10.0. The first-order valence-corrected chi connectivity index (χ1v) is 8.01. The van der Waals surface area contributed by atoms with Crippen molar-refractivity contribution in [3.05, 3.63) is 24.3 Å². The molecule has 4 nitrogen and oxygen atoms in total. The van der Waals surface area contributed by atoms with Crippen LogP contribution in [0.5, 0.6) is 5.75 Å². The molecule has 3 aliphatic carbocycles. The minimum Gasteiger partial charge on any atom is -0.492 e. The minimum atomic E-state index is 0.220. The second-order valence-electron chi connectivity index (χ2n) is 6.66. The highest BCUT2D eigenvalue weighted by Gasteiger charge is 2.67. The summed E-state index contributed by atoms with van der Waals surface area (Å²) < 4.78 is 5.43. The van der Waals surface area contributed by atoms with Crippen LogP contribution in [0.25, 0.3) is 0 Å². The van der Waals surface area contributed by atoms with E-state index in [9.17, 15) is 4.79 Å². The molecule has 0 radical (unpaired) electrons. The molecule has 21 heavy (non-hydrogen) atoms. The maximum atomic E-state index is 12.4. The third-order valence-electron chi connectivity index (χ3n) is 5.55. The molecule has 4 heteroatoms. The molecule has 2 bridgehead atoms. The van der Waals surface area contributed by atoms with Crippen molar-refractivity contribution in [2.75, 3.05) is 18.5 Å². The number of carbonyl (C=O) groups is 1. The van der Waals surface area contributed by atoms with Crippen LogP contribution >= 0.6 is 0 Å². The maximum absolute atomic E-state index is 12.4. The molecule has 3 fully saturated rings. The fourth-order valence-corrected chi connectivity index (χ4v) is 4.71. The van der Waals surface area contributed by atoms with Crippen LogP contribution in [-0.2, 0) is 4.79 Å². The molecule has 4 unspecified atom stereocenters. The predicted octanol–water partition coefficient (Wildman–Crippen LogP) is 2.25. The van der Waals surface area contributed by atoms with Gasteiger partial charge in [-0.15, -0.1) is 0 Å². The smallest absolute Gasteiger partial charge is 0.228 e. The Morgan fingerprint density at radius 3 is 2.48 bits per heavy atom. The highest BCUT2D eigenvalue weighted by Crippen LogP contribution is 2.69. The summed E-state index contributed by atoms with van der Waals surface area (Å²) in [7, 11) is 0. The fraction of sp³-hybridized carbons (Fsp3) is 0.588.